The zero-order valence-electron chi connectivity index (χ0n) is 24.9. The third-order valence-electron chi connectivity index (χ3n) is 8.85. The number of ether oxygens (including phenoxy) is 1. The van der Waals surface area contributed by atoms with Crippen LogP contribution in [-0.4, -0.2) is 24.6 Å². The highest BCUT2D eigenvalue weighted by Gasteiger charge is 2.54. The van der Waals surface area contributed by atoms with Crippen molar-refractivity contribution in [3.8, 4) is 0 Å². The maximum atomic E-state index is 13.6. The first kappa shape index (κ1) is 27.2. The molecular formula is C36H40N2O3. The number of anilines is 1. The molecule has 3 aromatic carbocycles. The van der Waals surface area contributed by atoms with Crippen molar-refractivity contribution in [2.45, 2.75) is 71.4 Å². The molecule has 5 heteroatoms. The highest BCUT2D eigenvalue weighted by atomic mass is 16.6. The summed E-state index contributed by atoms with van der Waals surface area (Å²) in [5, 5.41) is 2.12. The van der Waals surface area contributed by atoms with Gasteiger partial charge in [0.1, 0.15) is 5.58 Å². The molecule has 0 radical (unpaired) electrons. The Hall–Kier alpha value is -3.99. The number of rotatable bonds is 10. The van der Waals surface area contributed by atoms with E-state index in [0.29, 0.717) is 11.3 Å². The Balaban J connectivity index is 1.58. The molecule has 6 rings (SSSR count). The number of fused-ring (bicyclic) bond motifs is 3. The van der Waals surface area contributed by atoms with Crippen molar-refractivity contribution < 1.29 is 13.9 Å². The summed E-state index contributed by atoms with van der Waals surface area (Å²) in [6.45, 7) is 7.43. The Labute approximate surface area is 242 Å². The first-order valence-corrected chi connectivity index (χ1v) is 15.0. The zero-order valence-corrected chi connectivity index (χ0v) is 24.9. The Morgan fingerprint density at radius 1 is 0.854 bits per heavy atom. The molecule has 0 saturated carbocycles. The van der Waals surface area contributed by atoms with Crippen molar-refractivity contribution >= 4 is 33.5 Å². The number of aromatic nitrogens is 1. The summed E-state index contributed by atoms with van der Waals surface area (Å²) in [7, 11) is 4.05. The van der Waals surface area contributed by atoms with E-state index >= 15 is 0 Å². The summed E-state index contributed by atoms with van der Waals surface area (Å²) in [5.74, 6) is 0.355. The average molecular weight is 549 g/mol. The lowest BCUT2D eigenvalue weighted by molar-refractivity contribution is 0.0188. The second kappa shape index (κ2) is 10.8. The molecule has 5 nitrogen and oxygen atoms in total. The van der Waals surface area contributed by atoms with Crippen LogP contribution in [0.15, 0.2) is 71.1 Å². The number of benzene rings is 3. The van der Waals surface area contributed by atoms with Crippen LogP contribution in [0.1, 0.15) is 84.0 Å². The number of unbranched alkanes of at least 4 members (excludes halogenated alkanes) is 5. The minimum absolute atomic E-state index is 0.318. The fourth-order valence-electron chi connectivity index (χ4n) is 6.73. The molecule has 0 saturated heterocycles. The third-order valence-corrected chi connectivity index (χ3v) is 8.85. The minimum Gasteiger partial charge on any atom is -0.456 e. The van der Waals surface area contributed by atoms with Crippen LogP contribution in [0.2, 0.25) is 0 Å². The highest BCUT2D eigenvalue weighted by molar-refractivity contribution is 5.99. The van der Waals surface area contributed by atoms with Crippen LogP contribution in [0, 0.1) is 13.8 Å². The number of aryl methyl sites for hydroxylation is 2. The number of carbonyl (C=O) groups excluding carboxylic acids is 1. The van der Waals surface area contributed by atoms with Gasteiger partial charge in [-0.05, 0) is 44.5 Å². The van der Waals surface area contributed by atoms with Gasteiger partial charge in [-0.3, -0.25) is 0 Å². The second-order valence-corrected chi connectivity index (χ2v) is 11.6. The van der Waals surface area contributed by atoms with E-state index in [1.165, 1.54) is 32.1 Å². The van der Waals surface area contributed by atoms with Crippen molar-refractivity contribution in [2.75, 3.05) is 19.0 Å². The predicted octanol–water partition coefficient (Wildman–Crippen LogP) is 8.89. The lowest BCUT2D eigenvalue weighted by Crippen LogP contribution is -2.30. The van der Waals surface area contributed by atoms with Crippen molar-refractivity contribution in [3.63, 3.8) is 0 Å². The summed E-state index contributed by atoms with van der Waals surface area (Å²) in [4.78, 5) is 15.6. The average Bonchev–Trinajstić information content (AvgIpc) is 3.57. The van der Waals surface area contributed by atoms with Gasteiger partial charge in [0, 0.05) is 71.1 Å². The molecule has 0 spiro atoms. The molecule has 5 aromatic rings. The summed E-state index contributed by atoms with van der Waals surface area (Å²) < 4.78 is 15.8. The summed E-state index contributed by atoms with van der Waals surface area (Å²) in [5.41, 5.74) is 6.34. The number of esters is 1. The molecule has 41 heavy (non-hydrogen) atoms. The van der Waals surface area contributed by atoms with E-state index in [9.17, 15) is 4.79 Å². The van der Waals surface area contributed by atoms with E-state index in [0.717, 1.165) is 62.9 Å². The second-order valence-electron chi connectivity index (χ2n) is 11.6. The number of nitrogens with zero attached hydrogens (tertiary/aromatic N) is 2. The molecule has 1 unspecified atom stereocenters. The van der Waals surface area contributed by atoms with Gasteiger partial charge in [-0.1, -0.05) is 75.4 Å². The fourth-order valence-corrected chi connectivity index (χ4v) is 6.73. The molecule has 0 N–H and O–H groups in total. The van der Waals surface area contributed by atoms with Gasteiger partial charge in [-0.2, -0.15) is 0 Å². The Bertz CT molecular complexity index is 1740. The standard InChI is InChI=1S/C36H40N2O3/c1-6-7-8-9-10-15-22-38-25(3)33(29-17-12-14-19-31(29)38)36(30-18-13-11-16-28(30)35(39)41-36)34-24(2)27-21-20-26(37(4)5)23-32(27)40-34/h11-14,16-21,23H,6-10,15,22H2,1-5H3. The largest absolute Gasteiger partial charge is 0.456 e. The van der Waals surface area contributed by atoms with E-state index in [1.54, 1.807) is 0 Å². The lowest BCUT2D eigenvalue weighted by Gasteiger charge is -2.29. The van der Waals surface area contributed by atoms with Crippen LogP contribution in [0.25, 0.3) is 21.9 Å². The molecule has 3 heterocycles. The molecule has 1 aliphatic rings. The quantitative estimate of drug-likeness (QED) is 0.129. The third kappa shape index (κ3) is 4.34. The van der Waals surface area contributed by atoms with E-state index in [4.69, 9.17) is 9.15 Å². The van der Waals surface area contributed by atoms with Crippen molar-refractivity contribution in [2.24, 2.45) is 0 Å². The number of hydrogen-bond acceptors (Lipinski definition) is 4. The van der Waals surface area contributed by atoms with E-state index < -0.39 is 5.60 Å². The number of hydrogen-bond donors (Lipinski definition) is 0. The van der Waals surface area contributed by atoms with Crippen LogP contribution in [0.5, 0.6) is 0 Å². The van der Waals surface area contributed by atoms with Gasteiger partial charge in [0.05, 0.1) is 5.56 Å². The summed E-state index contributed by atoms with van der Waals surface area (Å²) in [6.07, 6.45) is 7.44. The molecule has 2 aromatic heterocycles. The molecule has 0 bridgehead atoms. The van der Waals surface area contributed by atoms with Gasteiger partial charge in [0.25, 0.3) is 0 Å². The van der Waals surface area contributed by atoms with E-state index in [-0.39, 0.29) is 5.97 Å². The lowest BCUT2D eigenvalue weighted by atomic mass is 9.80. The molecule has 1 atom stereocenters. The predicted molar refractivity (Wildman–Crippen MR) is 167 cm³/mol. The first-order valence-electron chi connectivity index (χ1n) is 15.0. The van der Waals surface area contributed by atoms with E-state index in [2.05, 4.69) is 72.7 Å². The highest BCUT2D eigenvalue weighted by Crippen LogP contribution is 2.53. The maximum Gasteiger partial charge on any atom is 0.340 e. The molecule has 0 amide bonds. The van der Waals surface area contributed by atoms with Gasteiger partial charge >= 0.3 is 5.97 Å². The van der Waals surface area contributed by atoms with Crippen molar-refractivity contribution in [1.82, 2.24) is 4.57 Å². The Morgan fingerprint density at radius 3 is 2.39 bits per heavy atom. The Kier molecular flexibility index (Phi) is 7.14. The molecule has 0 fully saturated rings. The van der Waals surface area contributed by atoms with Crippen LogP contribution in [0.4, 0.5) is 5.69 Å². The molecule has 1 aliphatic heterocycles. The number of para-hydroxylation sites is 1. The van der Waals surface area contributed by atoms with Crippen molar-refractivity contribution in [1.29, 1.82) is 0 Å². The number of carbonyl (C=O) groups is 1. The van der Waals surface area contributed by atoms with Gasteiger partial charge in [0.2, 0.25) is 5.60 Å². The molecule has 0 aliphatic carbocycles. The number of cyclic esters (lactones) is 1. The maximum absolute atomic E-state index is 13.6. The smallest absolute Gasteiger partial charge is 0.340 e. The zero-order chi connectivity index (χ0) is 28.7. The first-order chi connectivity index (χ1) is 19.9. The van der Waals surface area contributed by atoms with Crippen LogP contribution >= 0.6 is 0 Å². The van der Waals surface area contributed by atoms with E-state index in [1.807, 2.05) is 38.4 Å². The van der Waals surface area contributed by atoms with Crippen LogP contribution in [0.3, 0.4) is 0 Å². The minimum atomic E-state index is -1.19. The normalized spacial score (nSPS) is 16.5. The Morgan fingerprint density at radius 2 is 1.59 bits per heavy atom. The summed E-state index contributed by atoms with van der Waals surface area (Å²) in [6, 6.07) is 22.6. The van der Waals surface area contributed by atoms with Gasteiger partial charge < -0.3 is 18.6 Å². The number of furan rings is 1. The summed E-state index contributed by atoms with van der Waals surface area (Å²) >= 11 is 0. The monoisotopic (exact) mass is 548 g/mol. The topological polar surface area (TPSA) is 47.6 Å². The van der Waals surface area contributed by atoms with Gasteiger partial charge in [-0.15, -0.1) is 0 Å². The van der Waals surface area contributed by atoms with Crippen molar-refractivity contribution in [3.05, 3.63) is 100 Å². The van der Waals surface area contributed by atoms with Gasteiger partial charge in [-0.25, -0.2) is 4.79 Å². The SMILES string of the molecule is CCCCCCCCn1c(C)c(C2(c3oc4cc(N(C)C)ccc4c3C)OC(=O)c3ccccc32)c2ccccc21. The molecular weight excluding hydrogens is 508 g/mol. The molecule has 212 valence electrons. The van der Waals surface area contributed by atoms with Gasteiger partial charge in [0.15, 0.2) is 5.76 Å². The van der Waals surface area contributed by atoms with Crippen LogP contribution < -0.4 is 4.90 Å². The fraction of sp³-hybridized carbons (Fsp3) is 0.361. The van der Waals surface area contributed by atoms with Crippen LogP contribution in [-0.2, 0) is 16.9 Å².